The number of carbonyl (C=O) groups is 5. The summed E-state index contributed by atoms with van der Waals surface area (Å²) in [5.74, 6) is -4.73. The molecule has 1 heterocycles. The van der Waals surface area contributed by atoms with Crippen molar-refractivity contribution in [3.05, 3.63) is 119 Å². The van der Waals surface area contributed by atoms with Crippen LogP contribution in [0.3, 0.4) is 0 Å². The van der Waals surface area contributed by atoms with E-state index in [1.165, 1.54) is 25.6 Å². The second-order valence-corrected chi connectivity index (χ2v) is 18.7. The summed E-state index contributed by atoms with van der Waals surface area (Å²) < 4.78 is 38.2. The van der Waals surface area contributed by atoms with Crippen molar-refractivity contribution in [2.45, 2.75) is 115 Å². The number of ether oxygens (including phenoxy) is 6. The molecule has 3 N–H and O–H groups in total. The zero-order chi connectivity index (χ0) is 46.2. The van der Waals surface area contributed by atoms with Gasteiger partial charge in [-0.05, 0) is 54.5 Å². The number of thioether (sulfide) groups is 1. The Kier molecular flexibility index (Phi) is 13.6. The molecule has 3 unspecified atom stereocenters. The highest BCUT2D eigenvalue weighted by Crippen LogP contribution is 2.65. The number of Topliss-reactive ketones (excluding diaryl/α,β-unsaturated/α-hetero) is 1. The minimum absolute atomic E-state index is 0.0584. The number of carbonyl (C=O) groups excluding carboxylic acids is 5. The highest BCUT2D eigenvalue weighted by molar-refractivity contribution is 7.98. The lowest BCUT2D eigenvalue weighted by molar-refractivity contribution is -0.353. The lowest BCUT2D eigenvalue weighted by Crippen LogP contribution is -2.82. The third kappa shape index (κ3) is 8.30. The first-order valence-corrected chi connectivity index (χ1v) is 22.8. The molecule has 1 amide bonds. The third-order valence-electron chi connectivity index (χ3n) is 13.9. The maximum atomic E-state index is 15.9. The minimum Gasteiger partial charge on any atom is -0.456 e. The summed E-state index contributed by atoms with van der Waals surface area (Å²) in [6.45, 7) is 9.00. The molecule has 64 heavy (non-hydrogen) atoms. The van der Waals surface area contributed by atoms with E-state index in [9.17, 15) is 29.4 Å². The van der Waals surface area contributed by atoms with Crippen LogP contribution in [0.5, 0.6) is 0 Å². The maximum Gasteiger partial charge on any atom is 0.338 e. The van der Waals surface area contributed by atoms with Crippen LogP contribution in [0.4, 0.5) is 0 Å². The maximum absolute atomic E-state index is 15.9. The van der Waals surface area contributed by atoms with Gasteiger partial charge in [-0.15, -0.1) is 11.8 Å². The van der Waals surface area contributed by atoms with Crippen molar-refractivity contribution < 1.29 is 62.6 Å². The average Bonchev–Trinajstić information content (AvgIpc) is 3.26. The van der Waals surface area contributed by atoms with Gasteiger partial charge in [-0.2, -0.15) is 0 Å². The van der Waals surface area contributed by atoms with Gasteiger partial charge in [-0.1, -0.05) is 92.7 Å². The van der Waals surface area contributed by atoms with Crippen LogP contribution in [-0.2, 0) is 54.2 Å². The Hall–Kier alpha value is -4.90. The highest BCUT2D eigenvalue weighted by atomic mass is 32.2. The van der Waals surface area contributed by atoms with E-state index in [0.717, 1.165) is 5.56 Å². The first kappa shape index (κ1) is 47.1. The van der Waals surface area contributed by atoms with Gasteiger partial charge < -0.3 is 44.0 Å². The van der Waals surface area contributed by atoms with Crippen LogP contribution < -0.4 is 5.32 Å². The molecular weight excluding hydrogens is 843 g/mol. The average molecular weight is 900 g/mol. The number of rotatable bonds is 14. The fourth-order valence-corrected chi connectivity index (χ4v) is 10.9. The molecule has 3 aromatic rings. The summed E-state index contributed by atoms with van der Waals surface area (Å²) in [6, 6.07) is 24.8. The van der Waals surface area contributed by atoms with Gasteiger partial charge in [0.2, 0.25) is 0 Å². The molecule has 7 rings (SSSR count). The van der Waals surface area contributed by atoms with E-state index < -0.39 is 100 Å². The van der Waals surface area contributed by atoms with Gasteiger partial charge in [0.25, 0.3) is 5.91 Å². The molecule has 2 bridgehead atoms. The van der Waals surface area contributed by atoms with Crippen molar-refractivity contribution in [3.63, 3.8) is 0 Å². The van der Waals surface area contributed by atoms with Crippen LogP contribution in [0.25, 0.3) is 0 Å². The minimum atomic E-state index is -2.10. The summed E-state index contributed by atoms with van der Waals surface area (Å²) in [4.78, 5) is 70.2. The molecule has 342 valence electrons. The van der Waals surface area contributed by atoms with Crippen molar-refractivity contribution in [1.29, 1.82) is 0 Å². The van der Waals surface area contributed by atoms with Crippen LogP contribution in [-0.4, -0.2) is 106 Å². The van der Waals surface area contributed by atoms with Gasteiger partial charge in [0, 0.05) is 43.6 Å². The molecule has 0 spiro atoms. The lowest BCUT2D eigenvalue weighted by atomic mass is 9.44. The molecule has 15 heteroatoms. The number of aliphatic hydroxyl groups is 2. The second-order valence-electron chi connectivity index (χ2n) is 17.9. The SMILES string of the molecule is CSCO[C@H]1C[C@H]2OC[C@@]2(OC(C)=O)C2C(OCc3ccccc3)[C@]3(O)CC(OC(=O)[C@H](O)[C@@H](NC(=O)c4ccccc4)c4ccccc4)C(C)=C([C@@H](OC(C)=O)C(=O)[C@@]21C)C3(C)C. The number of hydrogen-bond acceptors (Lipinski definition) is 14. The van der Waals surface area contributed by atoms with E-state index in [1.54, 1.807) is 88.4 Å². The van der Waals surface area contributed by atoms with Gasteiger partial charge in [0.1, 0.15) is 17.8 Å². The Balaban J connectivity index is 1.39. The normalized spacial score (nSPS) is 31.4. The van der Waals surface area contributed by atoms with Crippen molar-refractivity contribution in [2.75, 3.05) is 18.8 Å². The Morgan fingerprint density at radius 2 is 1.52 bits per heavy atom. The molecule has 1 aliphatic heterocycles. The summed E-state index contributed by atoms with van der Waals surface area (Å²) in [5.41, 5.74) is -4.84. The molecule has 0 radical (unpaired) electrons. The van der Waals surface area contributed by atoms with E-state index in [2.05, 4.69) is 5.32 Å². The molecule has 0 aromatic heterocycles. The fraction of sp³-hybridized carbons (Fsp3) is 0.490. The largest absolute Gasteiger partial charge is 0.456 e. The highest BCUT2D eigenvalue weighted by Gasteiger charge is 2.78. The van der Waals surface area contributed by atoms with Gasteiger partial charge in [-0.3, -0.25) is 19.2 Å². The predicted molar refractivity (Wildman–Crippen MR) is 234 cm³/mol. The monoisotopic (exact) mass is 899 g/mol. The lowest BCUT2D eigenvalue weighted by Gasteiger charge is -2.68. The van der Waals surface area contributed by atoms with Crippen molar-refractivity contribution in [3.8, 4) is 0 Å². The quantitative estimate of drug-likeness (QED) is 0.0802. The summed E-state index contributed by atoms with van der Waals surface area (Å²) in [7, 11) is 0. The number of esters is 3. The van der Waals surface area contributed by atoms with E-state index >= 15 is 4.79 Å². The van der Waals surface area contributed by atoms with E-state index in [-0.39, 0.29) is 37.6 Å². The van der Waals surface area contributed by atoms with Crippen molar-refractivity contribution in [2.24, 2.45) is 16.7 Å². The van der Waals surface area contributed by atoms with E-state index in [4.69, 9.17) is 28.4 Å². The molecule has 3 aliphatic carbocycles. The fourth-order valence-electron chi connectivity index (χ4n) is 10.6. The first-order chi connectivity index (χ1) is 30.4. The molecule has 14 nitrogen and oxygen atoms in total. The van der Waals surface area contributed by atoms with Crippen molar-refractivity contribution >= 4 is 41.4 Å². The number of fused-ring (bicyclic) bond motifs is 5. The Labute approximate surface area is 377 Å². The van der Waals surface area contributed by atoms with Gasteiger partial charge in [0.15, 0.2) is 23.6 Å². The van der Waals surface area contributed by atoms with E-state index in [0.29, 0.717) is 16.7 Å². The summed E-state index contributed by atoms with van der Waals surface area (Å²) in [6.07, 6.45) is -6.38. The van der Waals surface area contributed by atoms with Crippen LogP contribution >= 0.6 is 11.8 Å². The van der Waals surface area contributed by atoms with Crippen LogP contribution in [0.15, 0.2) is 102 Å². The summed E-state index contributed by atoms with van der Waals surface area (Å²) in [5, 5.41) is 28.6. The van der Waals surface area contributed by atoms with Crippen LogP contribution in [0, 0.1) is 16.7 Å². The topological polar surface area (TPSA) is 193 Å². The molecule has 2 saturated carbocycles. The third-order valence-corrected chi connectivity index (χ3v) is 14.2. The number of aliphatic hydroxyl groups excluding tert-OH is 1. The zero-order valence-electron chi connectivity index (χ0n) is 37.1. The molecular formula is C49H57NO13S. The molecule has 3 aromatic carbocycles. The van der Waals surface area contributed by atoms with Crippen LogP contribution in [0.2, 0.25) is 0 Å². The number of amides is 1. The zero-order valence-corrected chi connectivity index (χ0v) is 37.9. The Morgan fingerprint density at radius 1 is 0.891 bits per heavy atom. The smallest absolute Gasteiger partial charge is 0.338 e. The first-order valence-electron chi connectivity index (χ1n) is 21.4. The number of hydrogen-bond donors (Lipinski definition) is 3. The molecule has 3 fully saturated rings. The van der Waals surface area contributed by atoms with Gasteiger partial charge in [-0.25, -0.2) is 4.79 Å². The molecule has 1 saturated heterocycles. The van der Waals surface area contributed by atoms with Gasteiger partial charge >= 0.3 is 17.9 Å². The van der Waals surface area contributed by atoms with Gasteiger partial charge in [0.05, 0.1) is 42.8 Å². The Morgan fingerprint density at radius 3 is 2.09 bits per heavy atom. The number of nitrogens with one attached hydrogen (secondary N) is 1. The molecule has 4 aliphatic rings. The number of ketones is 1. The molecule has 11 atom stereocenters. The predicted octanol–water partition coefficient (Wildman–Crippen LogP) is 5.44. The Bertz CT molecular complexity index is 2260. The van der Waals surface area contributed by atoms with Crippen molar-refractivity contribution in [1.82, 2.24) is 5.32 Å². The van der Waals surface area contributed by atoms with E-state index in [1.807, 2.05) is 36.6 Å². The second kappa shape index (κ2) is 18.5. The standard InChI is InChI=1S/C49H57NO13S/c1-28-34(62-45(56)39(53)38(32-19-13-9-14-20-32)50-44(55)33-21-15-10-16-22-33)24-49(57)43(58-25-31-17-11-8-12-18-31)41-47(6,42(54)40(61-29(2)51)37(28)46(49,4)5)35(60-27-64-7)23-36-48(41,26-59-36)63-30(3)52/h8-22,34-36,38-41,43,53,57H,23-27H2,1-7H3,(H,50,55)/t34?,35-,36+,38-,39+,40+,41?,43?,47+,48-,49+/m0/s1. The van der Waals surface area contributed by atoms with Crippen LogP contribution in [0.1, 0.15) is 81.9 Å². The number of benzene rings is 3. The summed E-state index contributed by atoms with van der Waals surface area (Å²) >= 11 is 1.39.